The summed E-state index contributed by atoms with van der Waals surface area (Å²) in [6, 6.07) is 32.1. The van der Waals surface area contributed by atoms with E-state index in [1.807, 2.05) is 85.9 Å². The molecule has 0 bridgehead atoms. The van der Waals surface area contributed by atoms with Gasteiger partial charge in [-0.25, -0.2) is 4.98 Å². The molecular formula is C40H25N3O2. The van der Waals surface area contributed by atoms with Gasteiger partial charge in [-0.15, -0.1) is 0 Å². The predicted octanol–water partition coefficient (Wildman–Crippen LogP) is 9.31. The first-order valence-corrected chi connectivity index (χ1v) is 14.9. The first kappa shape index (κ1) is 25.5. The Morgan fingerprint density at radius 3 is 2.09 bits per heavy atom. The van der Waals surface area contributed by atoms with Crippen LogP contribution in [0.25, 0.3) is 70.5 Å². The molecule has 0 saturated carbocycles. The van der Waals surface area contributed by atoms with Crippen LogP contribution < -0.4 is 5.56 Å². The van der Waals surface area contributed by atoms with Gasteiger partial charge in [0.15, 0.2) is 5.78 Å². The third kappa shape index (κ3) is 3.38. The highest BCUT2D eigenvalue weighted by Crippen LogP contribution is 2.45. The Kier molecular flexibility index (Phi) is 5.13. The van der Waals surface area contributed by atoms with Gasteiger partial charge in [-0.3, -0.25) is 19.0 Å². The van der Waals surface area contributed by atoms with E-state index in [1.165, 1.54) is 0 Å². The van der Waals surface area contributed by atoms with Crippen LogP contribution in [0.4, 0.5) is 5.69 Å². The molecule has 0 atom stereocenters. The van der Waals surface area contributed by atoms with Gasteiger partial charge < -0.3 is 0 Å². The van der Waals surface area contributed by atoms with E-state index in [4.69, 9.17) is 9.98 Å². The lowest BCUT2D eigenvalue weighted by Crippen LogP contribution is -2.13. The quantitative estimate of drug-likeness (QED) is 0.0686. The molecule has 0 unspecified atom stereocenters. The molecule has 0 N–H and O–H groups in total. The van der Waals surface area contributed by atoms with E-state index >= 15 is 0 Å². The Balaban J connectivity index is 1.45. The van der Waals surface area contributed by atoms with Gasteiger partial charge in [0.2, 0.25) is 0 Å². The van der Waals surface area contributed by atoms with Crippen molar-refractivity contribution in [3.63, 3.8) is 0 Å². The number of hydrogen-bond acceptors (Lipinski definition) is 4. The van der Waals surface area contributed by atoms with Gasteiger partial charge in [-0.2, -0.15) is 0 Å². The van der Waals surface area contributed by atoms with Crippen molar-refractivity contribution in [1.82, 2.24) is 9.38 Å². The number of imidazole rings is 1. The first-order chi connectivity index (χ1) is 21.9. The molecule has 0 aliphatic heterocycles. The normalized spacial score (nSPS) is 12.4. The molecule has 0 saturated heterocycles. The zero-order valence-electron chi connectivity index (χ0n) is 24.7. The molecule has 5 nitrogen and oxygen atoms in total. The zero-order chi connectivity index (χ0) is 30.6. The van der Waals surface area contributed by atoms with Crippen molar-refractivity contribution in [3.8, 4) is 0 Å². The third-order valence-corrected chi connectivity index (χ3v) is 9.26. The average molecular weight is 580 g/mol. The number of nitrogens with zero attached hydrogens (tertiary/aromatic N) is 3. The van der Waals surface area contributed by atoms with Crippen molar-refractivity contribution >= 4 is 88.2 Å². The molecule has 5 heteroatoms. The molecule has 2 heterocycles. The second kappa shape index (κ2) is 9.04. The molecule has 0 fully saturated rings. The smallest absolute Gasteiger partial charge is 0.264 e. The summed E-state index contributed by atoms with van der Waals surface area (Å²) in [5.41, 5.74) is 6.10. The lowest BCUT2D eigenvalue weighted by atomic mass is 9.84. The number of aryl methyl sites for hydroxylation is 1. The summed E-state index contributed by atoms with van der Waals surface area (Å²) in [4.78, 5) is 37.4. The molecule has 2 aromatic heterocycles. The van der Waals surface area contributed by atoms with Crippen molar-refractivity contribution < 1.29 is 4.79 Å². The zero-order valence-corrected chi connectivity index (χ0v) is 24.7. The Bertz CT molecular complexity index is 2820. The summed E-state index contributed by atoms with van der Waals surface area (Å²) in [6.45, 7) is 7.76. The van der Waals surface area contributed by atoms with E-state index in [-0.39, 0.29) is 11.3 Å². The van der Waals surface area contributed by atoms with Crippen LogP contribution in [0.3, 0.4) is 0 Å². The highest BCUT2D eigenvalue weighted by molar-refractivity contribution is 6.39. The van der Waals surface area contributed by atoms with E-state index in [2.05, 4.69) is 30.8 Å². The second-order valence-electron chi connectivity index (χ2n) is 11.9. The van der Waals surface area contributed by atoms with Crippen molar-refractivity contribution in [2.45, 2.75) is 13.8 Å². The second-order valence-corrected chi connectivity index (χ2v) is 11.9. The van der Waals surface area contributed by atoms with Gasteiger partial charge >= 0.3 is 0 Å². The van der Waals surface area contributed by atoms with Crippen LogP contribution in [0, 0.1) is 6.92 Å². The fourth-order valence-corrected chi connectivity index (χ4v) is 7.19. The number of allylic oxidation sites excluding steroid dienone is 1. The molecule has 9 rings (SSSR count). The first-order valence-electron chi connectivity index (χ1n) is 14.9. The topological polar surface area (TPSA) is 63.8 Å². The van der Waals surface area contributed by atoms with Gasteiger partial charge in [-0.05, 0) is 93.7 Å². The number of hydrogen-bond donors (Lipinski definition) is 0. The van der Waals surface area contributed by atoms with Crippen molar-refractivity contribution in [3.05, 3.63) is 136 Å². The Morgan fingerprint density at radius 2 is 1.33 bits per heavy atom. The average Bonchev–Trinajstić information content (AvgIpc) is 3.45. The molecule has 0 aliphatic rings. The van der Waals surface area contributed by atoms with Crippen LogP contribution >= 0.6 is 0 Å². The van der Waals surface area contributed by atoms with Gasteiger partial charge in [0, 0.05) is 38.9 Å². The standard InChI is InChI=1S/C40H25N3O2/c1-21(2)38(44)28-17-14-25-27-16-19-30-37-29(39-42-32-10-6-7-11-33(32)43(39)40(30)45)18-15-26(36(27)37)24-13-12-23(34(28)35(24)25)20-41-31-9-5-4-8-22(31)3/h4-20H,1H2,2-3H3/b41-20+. The SMILES string of the molecule is C=C(C)C(=O)c1ccc2c3ccc4c(=O)n5c6ccccc6nc5c5ccc(c6ccc(/C=N/c7ccccc7C)c1c26)c3c45. The minimum Gasteiger partial charge on any atom is -0.289 e. The third-order valence-electron chi connectivity index (χ3n) is 9.26. The maximum atomic E-state index is 14.0. The molecular weight excluding hydrogens is 554 g/mol. The van der Waals surface area contributed by atoms with E-state index < -0.39 is 0 Å². The van der Waals surface area contributed by atoms with E-state index in [1.54, 1.807) is 11.3 Å². The van der Waals surface area contributed by atoms with Crippen molar-refractivity contribution in [1.29, 1.82) is 0 Å². The monoisotopic (exact) mass is 579 g/mol. The van der Waals surface area contributed by atoms with E-state index in [0.29, 0.717) is 22.2 Å². The molecule has 45 heavy (non-hydrogen) atoms. The van der Waals surface area contributed by atoms with E-state index in [0.717, 1.165) is 76.3 Å². The highest BCUT2D eigenvalue weighted by Gasteiger charge is 2.23. The molecule has 0 radical (unpaired) electrons. The Morgan fingerprint density at radius 1 is 0.733 bits per heavy atom. The number of aromatic nitrogens is 2. The number of fused-ring (bicyclic) bond motifs is 6. The van der Waals surface area contributed by atoms with Crippen LogP contribution in [0.2, 0.25) is 0 Å². The maximum absolute atomic E-state index is 14.0. The summed E-state index contributed by atoms with van der Waals surface area (Å²) in [5, 5.41) is 9.52. The summed E-state index contributed by atoms with van der Waals surface area (Å²) >= 11 is 0. The van der Waals surface area contributed by atoms with Gasteiger partial charge in [0.05, 0.1) is 16.7 Å². The maximum Gasteiger partial charge on any atom is 0.264 e. The van der Waals surface area contributed by atoms with Crippen LogP contribution in [-0.4, -0.2) is 21.4 Å². The summed E-state index contributed by atoms with van der Waals surface area (Å²) in [5.74, 6) is -0.0928. The van der Waals surface area contributed by atoms with Crippen molar-refractivity contribution in [2.24, 2.45) is 4.99 Å². The van der Waals surface area contributed by atoms with E-state index in [9.17, 15) is 9.59 Å². The lowest BCUT2D eigenvalue weighted by molar-refractivity contribution is 0.103. The fraction of sp³-hybridized carbons (Fsp3) is 0.0500. The molecule has 0 spiro atoms. The number of para-hydroxylation sites is 3. The van der Waals surface area contributed by atoms with Crippen LogP contribution in [-0.2, 0) is 0 Å². The minimum atomic E-state index is -0.0928. The number of aliphatic imine (C=N–C) groups is 1. The van der Waals surface area contributed by atoms with Gasteiger partial charge in [0.1, 0.15) is 5.65 Å². The number of carbonyl (C=O) groups excluding carboxylic acids is 1. The summed E-state index contributed by atoms with van der Waals surface area (Å²) in [7, 11) is 0. The van der Waals surface area contributed by atoms with Crippen LogP contribution in [0.15, 0.2) is 119 Å². The summed E-state index contributed by atoms with van der Waals surface area (Å²) < 4.78 is 1.74. The molecule has 0 aliphatic carbocycles. The predicted molar refractivity (Wildman–Crippen MR) is 186 cm³/mol. The minimum absolute atomic E-state index is 0.0731. The number of ketones is 1. The number of pyridine rings is 1. The molecule has 212 valence electrons. The molecule has 7 aromatic carbocycles. The molecule has 0 amide bonds. The molecule has 9 aromatic rings. The van der Waals surface area contributed by atoms with Crippen LogP contribution in [0.1, 0.15) is 28.4 Å². The van der Waals surface area contributed by atoms with Crippen molar-refractivity contribution in [2.75, 3.05) is 0 Å². The Labute approximate surface area is 257 Å². The number of rotatable bonds is 4. The number of Topliss-reactive ketones (excluding diaryl/α,β-unsaturated/α-hetero) is 1. The summed E-state index contributed by atoms with van der Waals surface area (Å²) in [6.07, 6.45) is 1.86. The van der Waals surface area contributed by atoms with Gasteiger partial charge in [0.25, 0.3) is 5.56 Å². The highest BCUT2D eigenvalue weighted by atomic mass is 16.1. The number of carbonyl (C=O) groups is 1. The van der Waals surface area contributed by atoms with Gasteiger partial charge in [-0.1, -0.05) is 67.2 Å². The van der Waals surface area contributed by atoms with Crippen LogP contribution in [0.5, 0.6) is 0 Å². The fourth-order valence-electron chi connectivity index (χ4n) is 7.19. The largest absolute Gasteiger partial charge is 0.289 e. The Hall–Kier alpha value is -5.94. The lowest BCUT2D eigenvalue weighted by Gasteiger charge is -2.19. The number of benzene rings is 7.